The van der Waals surface area contributed by atoms with Crippen molar-refractivity contribution in [3.05, 3.63) is 0 Å². The molecular formula is C17H33N5O5S3. The highest BCUT2D eigenvalue weighted by molar-refractivity contribution is 7.98. The number of hydrogen-bond acceptors (Lipinski definition) is 9. The number of carbonyl (C=O) groups excluding carboxylic acids is 3. The second kappa shape index (κ2) is 16.5. The van der Waals surface area contributed by atoms with Gasteiger partial charge in [0.05, 0.1) is 6.04 Å². The van der Waals surface area contributed by atoms with E-state index in [1.807, 2.05) is 6.26 Å². The van der Waals surface area contributed by atoms with E-state index < -0.39 is 47.9 Å². The van der Waals surface area contributed by atoms with E-state index >= 15 is 0 Å². The third-order valence-corrected chi connectivity index (χ3v) is 5.56. The molecule has 0 bridgehead atoms. The highest BCUT2D eigenvalue weighted by Gasteiger charge is 2.29. The molecule has 0 saturated carbocycles. The van der Waals surface area contributed by atoms with E-state index in [2.05, 4.69) is 41.2 Å². The number of aliphatic carboxylic acids is 1. The predicted octanol–water partition coefficient (Wildman–Crippen LogP) is -1.41. The molecular weight excluding hydrogens is 450 g/mol. The molecule has 0 rings (SSSR count). The molecule has 13 heteroatoms. The number of nitrogens with two attached hydrogens (primary N) is 2. The van der Waals surface area contributed by atoms with Crippen molar-refractivity contribution in [2.75, 3.05) is 30.1 Å². The SMILES string of the molecule is CSCCC(NC(=O)C(CCCCN)NC(=O)C(N)CS)C(=O)NC(CS)C(=O)O. The van der Waals surface area contributed by atoms with Crippen molar-refractivity contribution in [2.24, 2.45) is 11.5 Å². The summed E-state index contributed by atoms with van der Waals surface area (Å²) in [6.45, 7) is 0.442. The summed E-state index contributed by atoms with van der Waals surface area (Å²) in [5, 5.41) is 16.7. The number of nitrogens with one attached hydrogen (secondary N) is 3. The quantitative estimate of drug-likeness (QED) is 0.0975. The molecule has 0 aliphatic heterocycles. The van der Waals surface area contributed by atoms with Crippen LogP contribution in [0.3, 0.4) is 0 Å². The normalized spacial score (nSPS) is 14.8. The van der Waals surface area contributed by atoms with Crippen LogP contribution in [0.4, 0.5) is 0 Å². The first-order valence-corrected chi connectivity index (χ1v) is 12.2. The highest BCUT2D eigenvalue weighted by atomic mass is 32.2. The number of thiol groups is 2. The van der Waals surface area contributed by atoms with E-state index in [0.29, 0.717) is 31.6 Å². The molecule has 0 aliphatic rings. The fraction of sp³-hybridized carbons (Fsp3) is 0.765. The monoisotopic (exact) mass is 483 g/mol. The third-order valence-electron chi connectivity index (χ3n) is 4.15. The Morgan fingerprint density at radius 3 is 1.90 bits per heavy atom. The van der Waals surface area contributed by atoms with Crippen molar-refractivity contribution in [1.29, 1.82) is 0 Å². The standard InChI is InChI=1S/C17H33N5O5S3/c1-30-7-5-12(16(25)22-13(9-29)17(26)27)21-15(24)11(4-2-3-6-18)20-14(23)10(19)8-28/h10-13,28-29H,2-9,18-19H2,1H3,(H,20,23)(H,21,24)(H,22,25)(H,26,27). The van der Waals surface area contributed by atoms with Gasteiger partial charge in [0.25, 0.3) is 0 Å². The maximum atomic E-state index is 12.8. The van der Waals surface area contributed by atoms with Crippen LogP contribution < -0.4 is 27.4 Å². The zero-order valence-electron chi connectivity index (χ0n) is 17.0. The maximum absolute atomic E-state index is 12.8. The maximum Gasteiger partial charge on any atom is 0.327 e. The minimum Gasteiger partial charge on any atom is -0.480 e. The lowest BCUT2D eigenvalue weighted by Crippen LogP contribution is -2.57. The number of carbonyl (C=O) groups is 4. The molecule has 3 amide bonds. The molecule has 0 fully saturated rings. The van der Waals surface area contributed by atoms with Crippen molar-refractivity contribution in [1.82, 2.24) is 16.0 Å². The predicted molar refractivity (Wildman–Crippen MR) is 125 cm³/mol. The largest absolute Gasteiger partial charge is 0.480 e. The molecule has 0 radical (unpaired) electrons. The van der Waals surface area contributed by atoms with Crippen LogP contribution in [0.2, 0.25) is 0 Å². The Hall–Kier alpha value is -1.15. The summed E-state index contributed by atoms with van der Waals surface area (Å²) in [7, 11) is 0. The fourth-order valence-corrected chi connectivity index (χ4v) is 3.24. The molecule has 0 spiro atoms. The molecule has 0 heterocycles. The van der Waals surface area contributed by atoms with Crippen molar-refractivity contribution >= 4 is 60.7 Å². The smallest absolute Gasteiger partial charge is 0.327 e. The van der Waals surface area contributed by atoms with Crippen LogP contribution in [0.15, 0.2) is 0 Å². The van der Waals surface area contributed by atoms with Crippen LogP contribution in [0.1, 0.15) is 25.7 Å². The van der Waals surface area contributed by atoms with Crippen LogP contribution >= 0.6 is 37.0 Å². The Bertz CT molecular complexity index is 570. The lowest BCUT2D eigenvalue weighted by molar-refractivity contribution is -0.141. The zero-order chi connectivity index (χ0) is 23.1. The minimum absolute atomic E-state index is 0.0936. The van der Waals surface area contributed by atoms with E-state index in [1.54, 1.807) is 0 Å². The Morgan fingerprint density at radius 2 is 1.43 bits per heavy atom. The van der Waals surface area contributed by atoms with Crippen LogP contribution in [-0.2, 0) is 19.2 Å². The summed E-state index contributed by atoms with van der Waals surface area (Å²) in [5.41, 5.74) is 11.2. The molecule has 0 saturated heterocycles. The van der Waals surface area contributed by atoms with E-state index in [-0.39, 0.29) is 17.9 Å². The van der Waals surface area contributed by atoms with E-state index in [0.717, 1.165) is 0 Å². The second-order valence-electron chi connectivity index (χ2n) is 6.56. The number of amides is 3. The van der Waals surface area contributed by atoms with Gasteiger partial charge in [0, 0.05) is 11.5 Å². The van der Waals surface area contributed by atoms with Crippen LogP contribution in [-0.4, -0.2) is 83.0 Å². The lowest BCUT2D eigenvalue weighted by atomic mass is 10.1. The Labute approximate surface area is 192 Å². The van der Waals surface area contributed by atoms with Gasteiger partial charge in [0.15, 0.2) is 0 Å². The van der Waals surface area contributed by atoms with E-state index in [1.165, 1.54) is 11.8 Å². The number of thioether (sulfide) groups is 1. The van der Waals surface area contributed by atoms with Gasteiger partial charge >= 0.3 is 5.97 Å². The van der Waals surface area contributed by atoms with E-state index in [4.69, 9.17) is 16.6 Å². The summed E-state index contributed by atoms with van der Waals surface area (Å²) < 4.78 is 0. The molecule has 0 aromatic rings. The van der Waals surface area contributed by atoms with Gasteiger partial charge in [-0.15, -0.1) is 0 Å². The average Bonchev–Trinajstić information content (AvgIpc) is 2.72. The first-order valence-electron chi connectivity index (χ1n) is 9.51. The Kier molecular flexibility index (Phi) is 15.9. The molecule has 0 aromatic heterocycles. The Balaban J connectivity index is 5.29. The molecule has 10 nitrogen and oxygen atoms in total. The molecule has 8 N–H and O–H groups in total. The zero-order valence-corrected chi connectivity index (χ0v) is 19.6. The lowest BCUT2D eigenvalue weighted by Gasteiger charge is -2.25. The average molecular weight is 484 g/mol. The van der Waals surface area contributed by atoms with Crippen molar-refractivity contribution in [3.63, 3.8) is 0 Å². The van der Waals surface area contributed by atoms with Gasteiger partial charge in [0.2, 0.25) is 17.7 Å². The first kappa shape index (κ1) is 28.9. The third kappa shape index (κ3) is 11.3. The van der Waals surface area contributed by atoms with Crippen LogP contribution in [0.5, 0.6) is 0 Å². The molecule has 0 aromatic carbocycles. The van der Waals surface area contributed by atoms with Gasteiger partial charge in [-0.25, -0.2) is 4.79 Å². The molecule has 30 heavy (non-hydrogen) atoms. The van der Waals surface area contributed by atoms with E-state index in [9.17, 15) is 19.2 Å². The highest BCUT2D eigenvalue weighted by Crippen LogP contribution is 2.06. The number of hydrogen-bond donors (Lipinski definition) is 8. The van der Waals surface area contributed by atoms with Gasteiger partial charge in [-0.2, -0.15) is 37.0 Å². The van der Waals surface area contributed by atoms with Crippen LogP contribution in [0.25, 0.3) is 0 Å². The first-order chi connectivity index (χ1) is 14.2. The van der Waals surface area contributed by atoms with Gasteiger partial charge in [-0.3, -0.25) is 14.4 Å². The summed E-state index contributed by atoms with van der Waals surface area (Å²) in [6, 6.07) is -3.91. The summed E-state index contributed by atoms with van der Waals surface area (Å²) in [6.07, 6.45) is 3.71. The molecule has 4 unspecified atom stereocenters. The summed E-state index contributed by atoms with van der Waals surface area (Å²) in [5.74, 6) is -2.34. The molecule has 0 aliphatic carbocycles. The fourth-order valence-electron chi connectivity index (χ4n) is 2.36. The van der Waals surface area contributed by atoms with Crippen molar-refractivity contribution < 1.29 is 24.3 Å². The number of carboxylic acid groups (broad SMARTS) is 1. The molecule has 174 valence electrons. The number of rotatable bonds is 16. The van der Waals surface area contributed by atoms with Gasteiger partial charge in [-0.1, -0.05) is 0 Å². The van der Waals surface area contributed by atoms with Crippen molar-refractivity contribution in [3.8, 4) is 0 Å². The van der Waals surface area contributed by atoms with Crippen LogP contribution in [0, 0.1) is 0 Å². The van der Waals surface area contributed by atoms with Gasteiger partial charge < -0.3 is 32.5 Å². The number of unbranched alkanes of at least 4 members (excludes halogenated alkanes) is 1. The topological polar surface area (TPSA) is 177 Å². The van der Waals surface area contributed by atoms with Crippen molar-refractivity contribution in [2.45, 2.75) is 49.9 Å². The second-order valence-corrected chi connectivity index (χ2v) is 8.28. The summed E-state index contributed by atoms with van der Waals surface area (Å²) >= 11 is 9.38. The minimum atomic E-state index is -1.22. The van der Waals surface area contributed by atoms with Gasteiger partial charge in [-0.05, 0) is 44.2 Å². The summed E-state index contributed by atoms with van der Waals surface area (Å²) in [4.78, 5) is 48.7. The van der Waals surface area contributed by atoms with Gasteiger partial charge in [0.1, 0.15) is 18.1 Å². The Morgan fingerprint density at radius 1 is 0.900 bits per heavy atom. The molecule has 4 atom stereocenters. The number of carboxylic acids is 1.